The van der Waals surface area contributed by atoms with Crippen LogP contribution in [0.4, 0.5) is 0 Å². The molecule has 0 heterocycles. The average Bonchev–Trinajstić information content (AvgIpc) is 3.20. The Hall–Kier alpha value is -0.417. The Balaban J connectivity index is 0.000000403. The van der Waals surface area contributed by atoms with E-state index in [-0.39, 0.29) is 26.2 Å². The molecule has 0 unspecified atom stereocenters. The van der Waals surface area contributed by atoms with Crippen molar-refractivity contribution in [3.8, 4) is 0 Å². The molecule has 1 heteroatoms. The summed E-state index contributed by atoms with van der Waals surface area (Å²) in [5, 5.41) is 0. The van der Waals surface area contributed by atoms with Crippen LogP contribution in [0.2, 0.25) is 0 Å². The molecule has 0 N–H and O–H groups in total. The van der Waals surface area contributed by atoms with E-state index in [1.807, 2.05) is 0 Å². The second-order valence-corrected chi connectivity index (χ2v) is 6.17. The molecular formula is C22H34Zr. The second-order valence-electron chi connectivity index (χ2n) is 6.17. The van der Waals surface area contributed by atoms with Crippen molar-refractivity contribution in [1.29, 1.82) is 0 Å². The zero-order valence-corrected chi connectivity index (χ0v) is 18.1. The molecule has 0 nitrogen and oxygen atoms in total. The molecule has 0 aromatic heterocycles. The predicted molar refractivity (Wildman–Crippen MR) is 100 cm³/mol. The molecule has 0 aliphatic carbocycles. The minimum atomic E-state index is 0. The molecule has 0 spiro atoms. The fourth-order valence-corrected chi connectivity index (χ4v) is 2.61. The number of hydrogen-bond donors (Lipinski definition) is 0. The van der Waals surface area contributed by atoms with E-state index in [9.17, 15) is 0 Å². The molecule has 126 valence electrons. The number of aryl methyl sites for hydroxylation is 4. The first-order chi connectivity index (χ1) is 10.7. The van der Waals surface area contributed by atoms with Crippen molar-refractivity contribution < 1.29 is 26.2 Å². The van der Waals surface area contributed by atoms with Gasteiger partial charge in [0.1, 0.15) is 0 Å². The van der Waals surface area contributed by atoms with E-state index in [2.05, 4.69) is 64.1 Å². The van der Waals surface area contributed by atoms with Gasteiger partial charge in [0.2, 0.25) is 0 Å². The maximum Gasteiger partial charge on any atom is 2.00 e. The van der Waals surface area contributed by atoms with Gasteiger partial charge in [0.05, 0.1) is 0 Å². The van der Waals surface area contributed by atoms with Crippen molar-refractivity contribution >= 4 is 0 Å². The van der Waals surface area contributed by atoms with Crippen LogP contribution in [0, 0.1) is 0 Å². The van der Waals surface area contributed by atoms with E-state index >= 15 is 0 Å². The molecule has 0 aliphatic heterocycles. The summed E-state index contributed by atoms with van der Waals surface area (Å²) in [6.45, 7) is 8.89. The van der Waals surface area contributed by atoms with Gasteiger partial charge < -0.3 is 0 Å². The van der Waals surface area contributed by atoms with Gasteiger partial charge in [0.25, 0.3) is 0 Å². The molecule has 2 rings (SSSR count). The third-order valence-electron chi connectivity index (χ3n) is 4.22. The minimum Gasteiger partial charge on any atom is -0.210 e. The Kier molecular flexibility index (Phi) is 13.7. The first-order valence-electron chi connectivity index (χ1n) is 9.22. The fourth-order valence-electron chi connectivity index (χ4n) is 2.61. The molecule has 0 amide bonds. The van der Waals surface area contributed by atoms with E-state index < -0.39 is 0 Å². The first kappa shape index (κ1) is 22.6. The van der Waals surface area contributed by atoms with Crippen LogP contribution in [0.1, 0.15) is 75.6 Å². The van der Waals surface area contributed by atoms with E-state index in [0.29, 0.717) is 0 Å². The predicted octanol–water partition coefficient (Wildman–Crippen LogP) is 6.62. The molecule has 0 fully saturated rings. The number of unbranched alkanes of at least 4 members (excludes halogenated alkanes) is 2. The Labute approximate surface area is 163 Å². The van der Waals surface area contributed by atoms with Crippen molar-refractivity contribution in [3.05, 3.63) is 58.7 Å². The summed E-state index contributed by atoms with van der Waals surface area (Å²) in [6, 6.07) is 13.7. The van der Waals surface area contributed by atoms with Crippen LogP contribution in [-0.4, -0.2) is 0 Å². The Bertz CT molecular complexity index is 443. The van der Waals surface area contributed by atoms with Gasteiger partial charge >= 0.3 is 26.2 Å². The van der Waals surface area contributed by atoms with Crippen LogP contribution in [-0.2, 0) is 51.9 Å². The van der Waals surface area contributed by atoms with Crippen LogP contribution in [0.25, 0.3) is 0 Å². The van der Waals surface area contributed by atoms with Crippen LogP contribution in [0.3, 0.4) is 0 Å². The maximum absolute atomic E-state index is 2.33. The smallest absolute Gasteiger partial charge is 0.210 e. The maximum atomic E-state index is 2.33. The Morgan fingerprint density at radius 2 is 1.09 bits per heavy atom. The van der Waals surface area contributed by atoms with Gasteiger partial charge in [0.15, 0.2) is 0 Å². The van der Waals surface area contributed by atoms with Gasteiger partial charge in [-0.15, -0.1) is 0 Å². The zero-order valence-electron chi connectivity index (χ0n) is 15.6. The zero-order chi connectivity index (χ0) is 16.2. The molecule has 2 aromatic carbocycles. The van der Waals surface area contributed by atoms with Gasteiger partial charge in [0, 0.05) is 0 Å². The van der Waals surface area contributed by atoms with E-state index in [4.69, 9.17) is 0 Å². The van der Waals surface area contributed by atoms with E-state index in [0.717, 1.165) is 0 Å². The molecule has 0 radical (unpaired) electrons. The van der Waals surface area contributed by atoms with Gasteiger partial charge in [-0.2, -0.15) is 46.5 Å². The summed E-state index contributed by atoms with van der Waals surface area (Å²) >= 11 is 0. The summed E-state index contributed by atoms with van der Waals surface area (Å²) in [7, 11) is 0. The Morgan fingerprint density at radius 3 is 1.35 bits per heavy atom. The van der Waals surface area contributed by atoms with Crippen LogP contribution >= 0.6 is 0 Å². The normalized spacial score (nSPS) is 9.91. The molecule has 0 saturated heterocycles. The summed E-state index contributed by atoms with van der Waals surface area (Å²) in [5.74, 6) is 0. The van der Waals surface area contributed by atoms with E-state index in [1.165, 1.54) is 73.6 Å². The van der Waals surface area contributed by atoms with Gasteiger partial charge in [-0.3, -0.25) is 0 Å². The molecule has 0 bridgehead atoms. The van der Waals surface area contributed by atoms with Crippen LogP contribution in [0.15, 0.2) is 36.4 Å². The van der Waals surface area contributed by atoms with Gasteiger partial charge in [-0.1, -0.05) is 79.1 Å². The van der Waals surface area contributed by atoms with Crippen molar-refractivity contribution in [3.63, 3.8) is 0 Å². The van der Waals surface area contributed by atoms with Gasteiger partial charge in [-0.25, -0.2) is 12.1 Å². The van der Waals surface area contributed by atoms with Crippen molar-refractivity contribution in [1.82, 2.24) is 0 Å². The molecule has 0 aliphatic rings. The average molecular weight is 390 g/mol. The minimum absolute atomic E-state index is 0. The molecular weight excluding hydrogens is 355 g/mol. The van der Waals surface area contributed by atoms with Crippen LogP contribution in [0.5, 0.6) is 0 Å². The number of rotatable bonds is 8. The van der Waals surface area contributed by atoms with E-state index in [1.54, 1.807) is 0 Å². The molecule has 0 atom stereocenters. The SMILES string of the molecule is CCCCc1cc[c-](CC)c1.CCCCc1cc[c-](CC)c1.[Zr+2]. The fraction of sp³-hybridized carbons (Fsp3) is 0.545. The summed E-state index contributed by atoms with van der Waals surface area (Å²) in [4.78, 5) is 0. The van der Waals surface area contributed by atoms with Crippen molar-refractivity contribution in [2.24, 2.45) is 0 Å². The molecule has 2 aromatic rings. The topological polar surface area (TPSA) is 0 Å². The third kappa shape index (κ3) is 9.46. The van der Waals surface area contributed by atoms with Gasteiger partial charge in [-0.05, 0) is 0 Å². The number of hydrogen-bond acceptors (Lipinski definition) is 0. The quantitative estimate of drug-likeness (QED) is 0.445. The third-order valence-corrected chi connectivity index (χ3v) is 4.22. The summed E-state index contributed by atoms with van der Waals surface area (Å²) in [5.41, 5.74) is 6.00. The largest absolute Gasteiger partial charge is 2.00 e. The summed E-state index contributed by atoms with van der Waals surface area (Å²) < 4.78 is 0. The second kappa shape index (κ2) is 14.0. The Morgan fingerprint density at radius 1 is 0.696 bits per heavy atom. The molecule has 23 heavy (non-hydrogen) atoms. The monoisotopic (exact) mass is 388 g/mol. The first-order valence-corrected chi connectivity index (χ1v) is 9.22. The molecule has 0 saturated carbocycles. The van der Waals surface area contributed by atoms with Crippen LogP contribution < -0.4 is 0 Å². The summed E-state index contributed by atoms with van der Waals surface area (Å²) in [6.07, 6.45) is 10.1. The van der Waals surface area contributed by atoms with Crippen molar-refractivity contribution in [2.75, 3.05) is 0 Å². The standard InChI is InChI=1S/2C11H17.Zr/c2*1-3-5-6-11-8-7-10(4-2)9-11;/h2*7-9H,3-6H2,1-2H3;/q2*-1;+2. The van der Waals surface area contributed by atoms with Crippen molar-refractivity contribution in [2.45, 2.75) is 79.1 Å².